The molecule has 4 heteroatoms. The van der Waals surface area contributed by atoms with Crippen LogP contribution in [0.2, 0.25) is 0 Å². The smallest absolute Gasteiger partial charge is 0.244 e. The van der Waals surface area contributed by atoms with Crippen LogP contribution in [0.3, 0.4) is 0 Å². The van der Waals surface area contributed by atoms with Gasteiger partial charge in [0.25, 0.3) is 0 Å². The monoisotopic (exact) mass is 234 g/mol. The van der Waals surface area contributed by atoms with Gasteiger partial charge in [-0.25, -0.2) is 0 Å². The summed E-state index contributed by atoms with van der Waals surface area (Å²) in [5, 5.41) is 11.9. The summed E-state index contributed by atoms with van der Waals surface area (Å²) in [4.78, 5) is 11.4. The molecule has 4 N–H and O–H groups in total. The zero-order valence-corrected chi connectivity index (χ0v) is 9.89. The van der Waals surface area contributed by atoms with E-state index in [1.165, 1.54) is 6.08 Å². The van der Waals surface area contributed by atoms with Gasteiger partial charge in [0.05, 0.1) is 6.10 Å². The first kappa shape index (κ1) is 13.3. The molecule has 1 amide bonds. The van der Waals surface area contributed by atoms with Crippen LogP contribution in [-0.4, -0.2) is 23.7 Å². The molecule has 0 fully saturated rings. The summed E-state index contributed by atoms with van der Waals surface area (Å²) in [6.07, 6.45) is 3.25. The SMILES string of the molecule is CCC(O)CNC(=O)/C=C/c1cccc(N)c1. The molecule has 92 valence electrons. The molecule has 1 unspecified atom stereocenters. The summed E-state index contributed by atoms with van der Waals surface area (Å²) >= 11 is 0. The van der Waals surface area contributed by atoms with Gasteiger partial charge in [-0.05, 0) is 30.2 Å². The van der Waals surface area contributed by atoms with Crippen molar-refractivity contribution in [2.75, 3.05) is 12.3 Å². The van der Waals surface area contributed by atoms with Crippen LogP contribution < -0.4 is 11.1 Å². The van der Waals surface area contributed by atoms with E-state index in [1.807, 2.05) is 19.1 Å². The van der Waals surface area contributed by atoms with Crippen molar-refractivity contribution in [2.24, 2.45) is 0 Å². The van der Waals surface area contributed by atoms with E-state index in [4.69, 9.17) is 5.73 Å². The van der Waals surface area contributed by atoms with Crippen LogP contribution in [0, 0.1) is 0 Å². The lowest BCUT2D eigenvalue weighted by molar-refractivity contribution is -0.116. The molecule has 0 saturated carbocycles. The second kappa shape index (κ2) is 6.70. The quantitative estimate of drug-likeness (QED) is 0.529. The first-order valence-electron chi connectivity index (χ1n) is 5.61. The molecule has 17 heavy (non-hydrogen) atoms. The number of aliphatic hydroxyl groups is 1. The fourth-order valence-corrected chi connectivity index (χ4v) is 1.26. The van der Waals surface area contributed by atoms with Crippen molar-refractivity contribution in [1.82, 2.24) is 5.32 Å². The second-order valence-electron chi connectivity index (χ2n) is 3.81. The van der Waals surface area contributed by atoms with Crippen LogP contribution in [0.5, 0.6) is 0 Å². The Kier molecular flexibility index (Phi) is 5.23. The van der Waals surface area contributed by atoms with Crippen molar-refractivity contribution in [3.8, 4) is 0 Å². The maximum absolute atomic E-state index is 11.4. The minimum atomic E-state index is -0.486. The fourth-order valence-electron chi connectivity index (χ4n) is 1.26. The van der Waals surface area contributed by atoms with Gasteiger partial charge in [0.2, 0.25) is 5.91 Å². The number of nitrogens with one attached hydrogen (secondary N) is 1. The molecule has 4 nitrogen and oxygen atoms in total. The molecule has 0 aliphatic heterocycles. The molecule has 0 saturated heterocycles. The third-order valence-electron chi connectivity index (χ3n) is 2.32. The lowest BCUT2D eigenvalue weighted by Gasteiger charge is -2.07. The largest absolute Gasteiger partial charge is 0.399 e. The molecule has 0 aliphatic carbocycles. The van der Waals surface area contributed by atoms with Crippen LogP contribution in [-0.2, 0) is 4.79 Å². The normalized spacial score (nSPS) is 12.6. The Hall–Kier alpha value is -1.81. The number of hydrogen-bond acceptors (Lipinski definition) is 3. The van der Waals surface area contributed by atoms with Gasteiger partial charge in [-0.2, -0.15) is 0 Å². The van der Waals surface area contributed by atoms with E-state index in [9.17, 15) is 9.90 Å². The van der Waals surface area contributed by atoms with Crippen LogP contribution in [0.4, 0.5) is 5.69 Å². The third kappa shape index (κ3) is 5.17. The Bertz CT molecular complexity index is 402. The number of nitrogens with two attached hydrogens (primary N) is 1. The average molecular weight is 234 g/mol. The molecule has 1 rings (SSSR count). The second-order valence-corrected chi connectivity index (χ2v) is 3.81. The van der Waals surface area contributed by atoms with E-state index in [2.05, 4.69) is 5.32 Å². The first-order chi connectivity index (χ1) is 8.11. The highest BCUT2D eigenvalue weighted by atomic mass is 16.3. The molecule has 0 aromatic heterocycles. The van der Waals surface area contributed by atoms with E-state index in [0.717, 1.165) is 5.56 Å². The molecule has 0 aliphatic rings. The zero-order valence-electron chi connectivity index (χ0n) is 9.89. The number of anilines is 1. The number of benzene rings is 1. The van der Waals surface area contributed by atoms with Crippen LogP contribution in [0.15, 0.2) is 30.3 Å². The Morgan fingerprint density at radius 1 is 1.59 bits per heavy atom. The summed E-state index contributed by atoms with van der Waals surface area (Å²) in [5.41, 5.74) is 7.15. The minimum Gasteiger partial charge on any atom is -0.399 e. The molecule has 0 bridgehead atoms. The van der Waals surface area contributed by atoms with Gasteiger partial charge >= 0.3 is 0 Å². The van der Waals surface area contributed by atoms with Crippen molar-refractivity contribution in [1.29, 1.82) is 0 Å². The van der Waals surface area contributed by atoms with Gasteiger partial charge in [-0.15, -0.1) is 0 Å². The van der Waals surface area contributed by atoms with Gasteiger partial charge in [-0.1, -0.05) is 19.1 Å². The maximum Gasteiger partial charge on any atom is 0.244 e. The Morgan fingerprint density at radius 3 is 3.00 bits per heavy atom. The number of amides is 1. The minimum absolute atomic E-state index is 0.222. The molecule has 1 atom stereocenters. The number of aliphatic hydroxyl groups excluding tert-OH is 1. The summed E-state index contributed by atoms with van der Waals surface area (Å²) in [7, 11) is 0. The highest BCUT2D eigenvalue weighted by molar-refractivity contribution is 5.91. The fraction of sp³-hybridized carbons (Fsp3) is 0.308. The summed E-state index contributed by atoms with van der Waals surface area (Å²) in [5.74, 6) is -0.222. The van der Waals surface area contributed by atoms with Crippen LogP contribution in [0.25, 0.3) is 6.08 Å². The van der Waals surface area contributed by atoms with Gasteiger partial charge in [-0.3, -0.25) is 4.79 Å². The molecule has 0 spiro atoms. The lowest BCUT2D eigenvalue weighted by atomic mass is 10.2. The first-order valence-corrected chi connectivity index (χ1v) is 5.61. The number of nitrogen functional groups attached to an aromatic ring is 1. The molecule has 0 radical (unpaired) electrons. The highest BCUT2D eigenvalue weighted by Gasteiger charge is 2.01. The third-order valence-corrected chi connectivity index (χ3v) is 2.32. The standard InChI is InChI=1S/C13H18N2O2/c1-2-12(16)9-15-13(17)7-6-10-4-3-5-11(14)8-10/h3-8,12,16H,2,9,14H2,1H3,(H,15,17)/b7-6+. The Balaban J connectivity index is 2.45. The van der Waals surface area contributed by atoms with E-state index in [-0.39, 0.29) is 12.5 Å². The van der Waals surface area contributed by atoms with Crippen molar-refractivity contribution >= 4 is 17.7 Å². The predicted molar refractivity (Wildman–Crippen MR) is 69.2 cm³/mol. The van der Waals surface area contributed by atoms with E-state index in [1.54, 1.807) is 18.2 Å². The predicted octanol–water partition coefficient (Wildman–Crippen LogP) is 1.17. The van der Waals surface area contributed by atoms with Crippen molar-refractivity contribution in [3.05, 3.63) is 35.9 Å². The average Bonchev–Trinajstić information content (AvgIpc) is 2.33. The maximum atomic E-state index is 11.4. The van der Waals surface area contributed by atoms with Gasteiger partial charge in [0.1, 0.15) is 0 Å². The molecular formula is C13H18N2O2. The highest BCUT2D eigenvalue weighted by Crippen LogP contribution is 2.07. The molecule has 1 aromatic carbocycles. The molecule has 1 aromatic rings. The number of carbonyl (C=O) groups excluding carboxylic acids is 1. The summed E-state index contributed by atoms with van der Waals surface area (Å²) in [6, 6.07) is 7.26. The number of carbonyl (C=O) groups is 1. The summed E-state index contributed by atoms with van der Waals surface area (Å²) in [6.45, 7) is 2.13. The van der Waals surface area contributed by atoms with Gasteiger partial charge in [0.15, 0.2) is 0 Å². The van der Waals surface area contributed by atoms with Gasteiger partial charge in [0, 0.05) is 18.3 Å². The number of rotatable bonds is 5. The van der Waals surface area contributed by atoms with Crippen LogP contribution in [0.1, 0.15) is 18.9 Å². The Morgan fingerprint density at radius 2 is 2.35 bits per heavy atom. The van der Waals surface area contributed by atoms with E-state index in [0.29, 0.717) is 12.1 Å². The van der Waals surface area contributed by atoms with Crippen molar-refractivity contribution in [2.45, 2.75) is 19.4 Å². The van der Waals surface area contributed by atoms with Gasteiger partial charge < -0.3 is 16.2 Å². The topological polar surface area (TPSA) is 75.3 Å². The van der Waals surface area contributed by atoms with Crippen LogP contribution >= 0.6 is 0 Å². The lowest BCUT2D eigenvalue weighted by Crippen LogP contribution is -2.30. The summed E-state index contributed by atoms with van der Waals surface area (Å²) < 4.78 is 0. The number of hydrogen-bond donors (Lipinski definition) is 3. The molecular weight excluding hydrogens is 216 g/mol. The van der Waals surface area contributed by atoms with Crippen molar-refractivity contribution in [3.63, 3.8) is 0 Å². The Labute approximate surface area is 101 Å². The molecule has 0 heterocycles. The zero-order chi connectivity index (χ0) is 12.7. The van der Waals surface area contributed by atoms with E-state index >= 15 is 0 Å². The van der Waals surface area contributed by atoms with Crippen molar-refractivity contribution < 1.29 is 9.90 Å². The van der Waals surface area contributed by atoms with E-state index < -0.39 is 6.10 Å².